The van der Waals surface area contributed by atoms with Crippen LogP contribution in [0.3, 0.4) is 0 Å². The van der Waals surface area contributed by atoms with E-state index in [0.29, 0.717) is 5.69 Å². The van der Waals surface area contributed by atoms with Gasteiger partial charge in [0.25, 0.3) is 0 Å². The molecule has 1 N–H and O–H groups in total. The topological polar surface area (TPSA) is 87.9 Å². The lowest BCUT2D eigenvalue weighted by Gasteiger charge is -2.17. The minimum absolute atomic E-state index is 0.214. The van der Waals surface area contributed by atoms with Crippen molar-refractivity contribution in [3.05, 3.63) is 53.3 Å². The molecule has 6 nitrogen and oxygen atoms in total. The van der Waals surface area contributed by atoms with Crippen molar-refractivity contribution in [1.82, 2.24) is 9.97 Å². The number of hydrogen-bond donors (Lipinski definition) is 1. The highest BCUT2D eigenvalue weighted by Crippen LogP contribution is 2.19. The molecule has 1 aromatic carbocycles. The van der Waals surface area contributed by atoms with Crippen molar-refractivity contribution in [3.8, 4) is 6.07 Å². The Morgan fingerprint density at radius 2 is 2.05 bits per heavy atom. The number of esters is 1. The second-order valence-corrected chi connectivity index (χ2v) is 4.34. The zero-order valence-corrected chi connectivity index (χ0v) is 11.7. The molecular formula is C15H14N4O2. The van der Waals surface area contributed by atoms with Crippen LogP contribution in [0.4, 0.5) is 5.95 Å². The molecule has 0 saturated heterocycles. The van der Waals surface area contributed by atoms with Gasteiger partial charge in [0, 0.05) is 5.69 Å². The Labute approximate surface area is 122 Å². The third kappa shape index (κ3) is 3.54. The van der Waals surface area contributed by atoms with Gasteiger partial charge < -0.3 is 10.1 Å². The summed E-state index contributed by atoms with van der Waals surface area (Å²) in [6.45, 7) is 1.75. The molecule has 0 bridgehead atoms. The lowest BCUT2D eigenvalue weighted by atomic mass is 10.1. The molecule has 106 valence electrons. The van der Waals surface area contributed by atoms with Gasteiger partial charge in [-0.3, -0.25) is 0 Å². The first-order chi connectivity index (χ1) is 10.1. The maximum atomic E-state index is 12.0. The van der Waals surface area contributed by atoms with Crippen molar-refractivity contribution in [3.63, 3.8) is 0 Å². The molecule has 1 atom stereocenters. The van der Waals surface area contributed by atoms with Crippen molar-refractivity contribution in [2.24, 2.45) is 0 Å². The number of rotatable bonds is 4. The molecule has 0 fully saturated rings. The molecule has 2 aromatic rings. The number of methoxy groups -OCH3 is 1. The van der Waals surface area contributed by atoms with Crippen LogP contribution in [-0.4, -0.2) is 23.0 Å². The number of carbonyl (C=O) groups is 1. The zero-order chi connectivity index (χ0) is 15.2. The molecular weight excluding hydrogens is 268 g/mol. The van der Waals surface area contributed by atoms with Gasteiger partial charge >= 0.3 is 5.97 Å². The Bertz CT molecular complexity index is 680. The normalized spacial score (nSPS) is 11.3. The fraction of sp³-hybridized carbons (Fsp3) is 0.200. The van der Waals surface area contributed by atoms with Crippen LogP contribution >= 0.6 is 0 Å². The van der Waals surface area contributed by atoms with E-state index >= 15 is 0 Å². The van der Waals surface area contributed by atoms with Crippen molar-refractivity contribution in [2.75, 3.05) is 12.4 Å². The predicted molar refractivity (Wildman–Crippen MR) is 76.3 cm³/mol. The SMILES string of the molecule is COC(=O)C(Nc1nc(C)cc(C#N)n1)c1ccccc1. The number of nitrogens with zero attached hydrogens (tertiary/aromatic N) is 3. The highest BCUT2D eigenvalue weighted by Gasteiger charge is 2.22. The van der Waals surface area contributed by atoms with Crippen LogP contribution in [0.25, 0.3) is 0 Å². The highest BCUT2D eigenvalue weighted by molar-refractivity contribution is 5.80. The van der Waals surface area contributed by atoms with Crippen LogP contribution in [0.15, 0.2) is 36.4 Å². The van der Waals surface area contributed by atoms with Gasteiger partial charge in [-0.05, 0) is 18.6 Å². The number of ether oxygens (including phenoxy) is 1. The summed E-state index contributed by atoms with van der Waals surface area (Å²) in [7, 11) is 1.32. The van der Waals surface area contributed by atoms with Gasteiger partial charge in [0.15, 0.2) is 6.04 Å². The highest BCUT2D eigenvalue weighted by atomic mass is 16.5. The van der Waals surface area contributed by atoms with E-state index in [1.54, 1.807) is 25.1 Å². The molecule has 0 radical (unpaired) electrons. The number of anilines is 1. The monoisotopic (exact) mass is 282 g/mol. The van der Waals surface area contributed by atoms with Gasteiger partial charge in [-0.25, -0.2) is 14.8 Å². The number of aromatic nitrogens is 2. The molecule has 2 rings (SSSR count). The Kier molecular flexibility index (Phi) is 4.46. The van der Waals surface area contributed by atoms with E-state index in [1.165, 1.54) is 7.11 Å². The number of aryl methyl sites for hydroxylation is 1. The van der Waals surface area contributed by atoms with E-state index in [9.17, 15) is 4.79 Å². The van der Waals surface area contributed by atoms with Crippen molar-refractivity contribution < 1.29 is 9.53 Å². The molecule has 21 heavy (non-hydrogen) atoms. The second kappa shape index (κ2) is 6.48. The molecule has 0 spiro atoms. The van der Waals surface area contributed by atoms with E-state index in [-0.39, 0.29) is 11.6 Å². The van der Waals surface area contributed by atoms with E-state index < -0.39 is 12.0 Å². The van der Waals surface area contributed by atoms with Gasteiger partial charge in [0.2, 0.25) is 5.95 Å². The summed E-state index contributed by atoms with van der Waals surface area (Å²) in [6, 6.07) is 11.9. The molecule has 1 aromatic heterocycles. The minimum Gasteiger partial charge on any atom is -0.467 e. The maximum Gasteiger partial charge on any atom is 0.333 e. The molecule has 0 aliphatic carbocycles. The number of hydrogen-bond acceptors (Lipinski definition) is 6. The summed E-state index contributed by atoms with van der Waals surface area (Å²) in [5.74, 6) is -0.240. The van der Waals surface area contributed by atoms with E-state index in [1.807, 2.05) is 24.3 Å². The van der Waals surface area contributed by atoms with E-state index in [2.05, 4.69) is 15.3 Å². The van der Waals surface area contributed by atoms with Crippen LogP contribution in [0.2, 0.25) is 0 Å². The largest absolute Gasteiger partial charge is 0.467 e. The third-order valence-corrected chi connectivity index (χ3v) is 2.81. The van der Waals surface area contributed by atoms with Gasteiger partial charge in [0.1, 0.15) is 11.8 Å². The Morgan fingerprint density at radius 1 is 1.33 bits per heavy atom. The maximum absolute atomic E-state index is 12.0. The quantitative estimate of drug-likeness (QED) is 0.863. The Hall–Kier alpha value is -2.94. The van der Waals surface area contributed by atoms with E-state index in [0.717, 1.165) is 5.56 Å². The first-order valence-electron chi connectivity index (χ1n) is 6.29. The van der Waals surface area contributed by atoms with Crippen molar-refractivity contribution in [1.29, 1.82) is 5.26 Å². The van der Waals surface area contributed by atoms with Crippen LogP contribution in [0, 0.1) is 18.3 Å². The van der Waals surface area contributed by atoms with Crippen LogP contribution < -0.4 is 5.32 Å². The number of nitriles is 1. The lowest BCUT2D eigenvalue weighted by Crippen LogP contribution is -2.23. The van der Waals surface area contributed by atoms with Gasteiger partial charge in [-0.2, -0.15) is 5.26 Å². The van der Waals surface area contributed by atoms with Crippen LogP contribution in [0.1, 0.15) is 23.0 Å². The number of benzene rings is 1. The predicted octanol–water partition coefficient (Wildman–Crippen LogP) is 1.98. The molecule has 0 aliphatic rings. The molecule has 1 unspecified atom stereocenters. The summed E-state index contributed by atoms with van der Waals surface area (Å²) in [4.78, 5) is 20.2. The zero-order valence-electron chi connectivity index (χ0n) is 11.7. The molecule has 0 saturated carbocycles. The summed E-state index contributed by atoms with van der Waals surface area (Å²) >= 11 is 0. The van der Waals surface area contributed by atoms with E-state index in [4.69, 9.17) is 10.00 Å². The average Bonchev–Trinajstić information content (AvgIpc) is 2.52. The summed E-state index contributed by atoms with van der Waals surface area (Å²) in [5.41, 5.74) is 1.61. The lowest BCUT2D eigenvalue weighted by molar-refractivity contribution is -0.141. The number of carbonyl (C=O) groups excluding carboxylic acids is 1. The standard InChI is InChI=1S/C15H14N4O2/c1-10-8-12(9-16)18-15(17-10)19-13(14(20)21-2)11-6-4-3-5-7-11/h3-8,13H,1-2H3,(H,17,18,19). The van der Waals surface area contributed by atoms with Gasteiger partial charge in [-0.15, -0.1) is 0 Å². The van der Waals surface area contributed by atoms with Gasteiger partial charge in [-0.1, -0.05) is 30.3 Å². The minimum atomic E-state index is -0.732. The fourth-order valence-electron chi connectivity index (χ4n) is 1.86. The molecule has 0 amide bonds. The average molecular weight is 282 g/mol. The van der Waals surface area contributed by atoms with Gasteiger partial charge in [0.05, 0.1) is 7.11 Å². The van der Waals surface area contributed by atoms with Crippen molar-refractivity contribution in [2.45, 2.75) is 13.0 Å². The Morgan fingerprint density at radius 3 is 2.67 bits per heavy atom. The van der Waals surface area contributed by atoms with Crippen molar-refractivity contribution >= 4 is 11.9 Å². The van der Waals surface area contributed by atoms with Crippen LogP contribution in [-0.2, 0) is 9.53 Å². The fourth-order valence-corrected chi connectivity index (χ4v) is 1.86. The molecule has 0 aliphatic heterocycles. The first-order valence-corrected chi connectivity index (χ1v) is 6.29. The summed E-state index contributed by atoms with van der Waals surface area (Å²) in [6.07, 6.45) is 0. The third-order valence-electron chi connectivity index (χ3n) is 2.81. The second-order valence-electron chi connectivity index (χ2n) is 4.34. The first kappa shape index (κ1) is 14.5. The number of nitrogens with one attached hydrogen (secondary N) is 1. The summed E-state index contributed by atoms with van der Waals surface area (Å²) in [5, 5.41) is 11.8. The molecule has 1 heterocycles. The summed E-state index contributed by atoms with van der Waals surface area (Å²) < 4.78 is 4.80. The molecule has 6 heteroatoms. The smallest absolute Gasteiger partial charge is 0.333 e. The Balaban J connectivity index is 2.34. The van der Waals surface area contributed by atoms with Crippen LogP contribution in [0.5, 0.6) is 0 Å².